The normalized spacial score (nSPS) is 12.9. The molecule has 1 rings (SSSR count). The summed E-state index contributed by atoms with van der Waals surface area (Å²) < 4.78 is 0. The lowest BCUT2D eigenvalue weighted by atomic mass is 9.94. The Morgan fingerprint density at radius 1 is 1.31 bits per heavy atom. The first-order chi connectivity index (χ1) is 7.41. The van der Waals surface area contributed by atoms with Crippen molar-refractivity contribution >= 4 is 5.78 Å². The molecular formula is C14H21NO. The van der Waals surface area contributed by atoms with E-state index in [9.17, 15) is 4.79 Å². The van der Waals surface area contributed by atoms with Crippen LogP contribution in [-0.4, -0.2) is 11.8 Å². The zero-order valence-electron chi connectivity index (χ0n) is 10.6. The van der Waals surface area contributed by atoms with Gasteiger partial charge in [0.1, 0.15) is 0 Å². The van der Waals surface area contributed by atoms with Gasteiger partial charge in [-0.3, -0.25) is 4.79 Å². The summed E-state index contributed by atoms with van der Waals surface area (Å²) in [7, 11) is 0. The van der Waals surface area contributed by atoms with E-state index >= 15 is 0 Å². The van der Waals surface area contributed by atoms with E-state index in [1.54, 1.807) is 0 Å². The average molecular weight is 219 g/mol. The van der Waals surface area contributed by atoms with Gasteiger partial charge in [0, 0.05) is 18.0 Å². The molecule has 16 heavy (non-hydrogen) atoms. The van der Waals surface area contributed by atoms with Crippen molar-refractivity contribution in [1.29, 1.82) is 0 Å². The Labute approximate surface area is 97.9 Å². The van der Waals surface area contributed by atoms with Gasteiger partial charge in [0.2, 0.25) is 0 Å². The van der Waals surface area contributed by atoms with Crippen molar-refractivity contribution in [2.45, 2.75) is 40.2 Å². The molecule has 0 saturated carbocycles. The van der Waals surface area contributed by atoms with Crippen molar-refractivity contribution in [3.8, 4) is 0 Å². The number of aryl methyl sites for hydroxylation is 2. The van der Waals surface area contributed by atoms with Crippen LogP contribution in [0.1, 0.15) is 41.8 Å². The third-order valence-electron chi connectivity index (χ3n) is 2.96. The molecular weight excluding hydrogens is 198 g/mol. The van der Waals surface area contributed by atoms with Gasteiger partial charge in [-0.05, 0) is 25.3 Å². The van der Waals surface area contributed by atoms with Crippen LogP contribution in [0, 0.1) is 19.8 Å². The second kappa shape index (κ2) is 5.26. The summed E-state index contributed by atoms with van der Waals surface area (Å²) in [5.41, 5.74) is 8.95. The maximum Gasteiger partial charge on any atom is 0.164 e. The van der Waals surface area contributed by atoms with E-state index in [1.807, 2.05) is 45.9 Å². The minimum atomic E-state index is -0.0480. The fraction of sp³-hybridized carbons (Fsp3) is 0.500. The van der Waals surface area contributed by atoms with Crippen LogP contribution < -0.4 is 5.73 Å². The highest BCUT2D eigenvalue weighted by molar-refractivity contribution is 5.97. The molecule has 2 heteroatoms. The van der Waals surface area contributed by atoms with Gasteiger partial charge in [0.25, 0.3) is 0 Å². The standard InChI is InChI=1S/C14H21NO/c1-9(2)13(15)8-14(16)12-6-5-10(3)7-11(12)4/h5-7,9,13H,8,15H2,1-4H3. The summed E-state index contributed by atoms with van der Waals surface area (Å²) >= 11 is 0. The number of benzene rings is 1. The molecule has 0 aliphatic carbocycles. The summed E-state index contributed by atoms with van der Waals surface area (Å²) in [5.74, 6) is 0.494. The largest absolute Gasteiger partial charge is 0.327 e. The van der Waals surface area contributed by atoms with Gasteiger partial charge >= 0.3 is 0 Å². The molecule has 0 bridgehead atoms. The van der Waals surface area contributed by atoms with E-state index in [0.717, 1.165) is 11.1 Å². The van der Waals surface area contributed by atoms with Crippen LogP contribution >= 0.6 is 0 Å². The fourth-order valence-corrected chi connectivity index (χ4v) is 1.69. The summed E-state index contributed by atoms with van der Waals surface area (Å²) in [4.78, 5) is 12.0. The number of hydrogen-bond acceptors (Lipinski definition) is 2. The molecule has 0 aliphatic rings. The molecule has 0 amide bonds. The van der Waals surface area contributed by atoms with Crippen molar-refractivity contribution in [3.05, 3.63) is 34.9 Å². The van der Waals surface area contributed by atoms with Gasteiger partial charge in [-0.1, -0.05) is 37.6 Å². The highest BCUT2D eigenvalue weighted by atomic mass is 16.1. The molecule has 2 N–H and O–H groups in total. The number of carbonyl (C=O) groups excluding carboxylic acids is 1. The topological polar surface area (TPSA) is 43.1 Å². The van der Waals surface area contributed by atoms with Crippen LogP contribution in [0.3, 0.4) is 0 Å². The highest BCUT2D eigenvalue weighted by Crippen LogP contribution is 2.15. The van der Waals surface area contributed by atoms with E-state index in [-0.39, 0.29) is 11.8 Å². The van der Waals surface area contributed by atoms with Crippen molar-refractivity contribution in [1.82, 2.24) is 0 Å². The van der Waals surface area contributed by atoms with E-state index in [1.165, 1.54) is 5.56 Å². The SMILES string of the molecule is Cc1ccc(C(=O)CC(N)C(C)C)c(C)c1. The van der Waals surface area contributed by atoms with E-state index < -0.39 is 0 Å². The van der Waals surface area contributed by atoms with E-state index in [0.29, 0.717) is 12.3 Å². The molecule has 0 radical (unpaired) electrons. The Balaban J connectivity index is 2.81. The third kappa shape index (κ3) is 3.17. The predicted molar refractivity (Wildman–Crippen MR) is 67.7 cm³/mol. The van der Waals surface area contributed by atoms with E-state index in [4.69, 9.17) is 5.73 Å². The zero-order chi connectivity index (χ0) is 12.3. The Hall–Kier alpha value is -1.15. The number of rotatable bonds is 4. The number of nitrogens with two attached hydrogens (primary N) is 1. The molecule has 1 aromatic rings. The fourth-order valence-electron chi connectivity index (χ4n) is 1.69. The molecule has 0 spiro atoms. The van der Waals surface area contributed by atoms with Crippen LogP contribution in [0.4, 0.5) is 0 Å². The monoisotopic (exact) mass is 219 g/mol. The van der Waals surface area contributed by atoms with Crippen LogP contribution in [-0.2, 0) is 0 Å². The predicted octanol–water partition coefficient (Wildman–Crippen LogP) is 2.86. The van der Waals surface area contributed by atoms with Gasteiger partial charge in [0.05, 0.1) is 0 Å². The number of carbonyl (C=O) groups is 1. The van der Waals surface area contributed by atoms with Crippen molar-refractivity contribution in [2.24, 2.45) is 11.7 Å². The molecule has 1 aromatic carbocycles. The van der Waals surface area contributed by atoms with Crippen LogP contribution in [0.15, 0.2) is 18.2 Å². The van der Waals surface area contributed by atoms with Crippen molar-refractivity contribution in [2.75, 3.05) is 0 Å². The smallest absolute Gasteiger partial charge is 0.164 e. The minimum absolute atomic E-state index is 0.0480. The summed E-state index contributed by atoms with van der Waals surface area (Å²) in [5, 5.41) is 0. The van der Waals surface area contributed by atoms with Gasteiger partial charge < -0.3 is 5.73 Å². The molecule has 0 fully saturated rings. The summed E-state index contributed by atoms with van der Waals surface area (Å²) in [6.45, 7) is 8.09. The molecule has 0 aromatic heterocycles. The van der Waals surface area contributed by atoms with Crippen LogP contribution in [0.5, 0.6) is 0 Å². The first-order valence-electron chi connectivity index (χ1n) is 5.78. The van der Waals surface area contributed by atoms with Crippen LogP contribution in [0.2, 0.25) is 0 Å². The lowest BCUT2D eigenvalue weighted by Crippen LogP contribution is -2.29. The molecule has 1 atom stereocenters. The molecule has 0 saturated heterocycles. The lowest BCUT2D eigenvalue weighted by molar-refractivity contribution is 0.0967. The number of Topliss-reactive ketones (excluding diaryl/α,β-unsaturated/α-hetero) is 1. The number of ketones is 1. The minimum Gasteiger partial charge on any atom is -0.327 e. The second-order valence-electron chi connectivity index (χ2n) is 4.85. The van der Waals surface area contributed by atoms with Crippen molar-refractivity contribution < 1.29 is 4.79 Å². The van der Waals surface area contributed by atoms with Crippen molar-refractivity contribution in [3.63, 3.8) is 0 Å². The maximum absolute atomic E-state index is 12.0. The molecule has 88 valence electrons. The Morgan fingerprint density at radius 2 is 1.94 bits per heavy atom. The zero-order valence-corrected chi connectivity index (χ0v) is 10.6. The van der Waals surface area contributed by atoms with E-state index in [2.05, 4.69) is 0 Å². The van der Waals surface area contributed by atoms with Gasteiger partial charge in [0.15, 0.2) is 5.78 Å². The third-order valence-corrected chi connectivity index (χ3v) is 2.96. The van der Waals surface area contributed by atoms with Gasteiger partial charge in [-0.15, -0.1) is 0 Å². The Morgan fingerprint density at radius 3 is 2.44 bits per heavy atom. The Bertz CT molecular complexity index is 382. The van der Waals surface area contributed by atoms with Crippen LogP contribution in [0.25, 0.3) is 0 Å². The first kappa shape index (κ1) is 12.9. The van der Waals surface area contributed by atoms with Gasteiger partial charge in [-0.25, -0.2) is 0 Å². The molecule has 0 heterocycles. The van der Waals surface area contributed by atoms with Gasteiger partial charge in [-0.2, -0.15) is 0 Å². The summed E-state index contributed by atoms with van der Waals surface area (Å²) in [6, 6.07) is 5.86. The maximum atomic E-state index is 12.0. The molecule has 0 aliphatic heterocycles. The summed E-state index contributed by atoms with van der Waals surface area (Å²) in [6.07, 6.45) is 0.432. The molecule has 1 unspecified atom stereocenters. The highest BCUT2D eigenvalue weighted by Gasteiger charge is 2.15. The lowest BCUT2D eigenvalue weighted by Gasteiger charge is -2.15. The number of hydrogen-bond donors (Lipinski definition) is 1. The second-order valence-corrected chi connectivity index (χ2v) is 4.85. The molecule has 2 nitrogen and oxygen atoms in total. The quantitative estimate of drug-likeness (QED) is 0.791. The first-order valence-corrected chi connectivity index (χ1v) is 5.78. The average Bonchev–Trinajstić information content (AvgIpc) is 2.16. The Kier molecular flexibility index (Phi) is 4.25.